The van der Waals surface area contributed by atoms with Gasteiger partial charge in [0.2, 0.25) is 5.95 Å². The van der Waals surface area contributed by atoms with Gasteiger partial charge >= 0.3 is 0 Å². The fourth-order valence-electron chi connectivity index (χ4n) is 5.52. The van der Waals surface area contributed by atoms with Gasteiger partial charge in [0.15, 0.2) is 18.2 Å². The van der Waals surface area contributed by atoms with E-state index in [0.717, 1.165) is 61.8 Å². The predicted molar refractivity (Wildman–Crippen MR) is 151 cm³/mol. The summed E-state index contributed by atoms with van der Waals surface area (Å²) >= 11 is 6.48. The Morgan fingerprint density at radius 2 is 1.97 bits per heavy atom. The third kappa shape index (κ3) is 5.72. The molecule has 1 atom stereocenters. The molecule has 3 heterocycles. The van der Waals surface area contributed by atoms with E-state index in [-0.39, 0.29) is 29.9 Å². The number of piperidine rings is 1. The number of likely N-dealkylation sites (N-methyl/N-ethyl adjacent to an activating group) is 1. The van der Waals surface area contributed by atoms with Crippen molar-refractivity contribution in [3.8, 4) is 5.75 Å². The summed E-state index contributed by atoms with van der Waals surface area (Å²) < 4.78 is 7.54. The van der Waals surface area contributed by atoms with E-state index >= 15 is 0 Å². The van der Waals surface area contributed by atoms with Gasteiger partial charge in [-0.05, 0) is 55.9 Å². The Labute approximate surface area is 227 Å². The molecule has 1 aliphatic carbocycles. The number of nitrogens with zero attached hydrogens (tertiary/aromatic N) is 4. The number of hydrogen-bond donors (Lipinski definition) is 2. The van der Waals surface area contributed by atoms with Crippen LogP contribution in [0.5, 0.6) is 5.75 Å². The lowest BCUT2D eigenvalue weighted by atomic mass is 9.94. The molecule has 2 aromatic heterocycles. The van der Waals surface area contributed by atoms with Crippen molar-refractivity contribution in [2.45, 2.75) is 57.9 Å². The van der Waals surface area contributed by atoms with E-state index in [1.165, 1.54) is 12.8 Å². The molecule has 2 fully saturated rings. The topological polar surface area (TPSA) is 101 Å². The van der Waals surface area contributed by atoms with Gasteiger partial charge in [0, 0.05) is 37.3 Å². The Morgan fingerprint density at radius 3 is 2.74 bits per heavy atom. The zero-order chi connectivity index (χ0) is 26.6. The number of aromatic nitrogens is 3. The molecule has 38 heavy (non-hydrogen) atoms. The van der Waals surface area contributed by atoms with Crippen LogP contribution in [0.3, 0.4) is 0 Å². The highest BCUT2D eigenvalue weighted by Crippen LogP contribution is 2.33. The van der Waals surface area contributed by atoms with Crippen LogP contribution in [0.4, 0.5) is 17.5 Å². The molecule has 0 spiro atoms. The number of carbonyl (C=O) groups is 1. The summed E-state index contributed by atoms with van der Waals surface area (Å²) in [5.41, 5.74) is 1.42. The number of amides is 1. The average Bonchev–Trinajstić information content (AvgIpc) is 2.93. The van der Waals surface area contributed by atoms with Gasteiger partial charge in [0.25, 0.3) is 11.5 Å². The Morgan fingerprint density at radius 1 is 1.16 bits per heavy atom. The zero-order valence-electron chi connectivity index (χ0n) is 22.0. The molecule has 5 rings (SSSR count). The van der Waals surface area contributed by atoms with E-state index in [2.05, 4.69) is 27.4 Å². The zero-order valence-corrected chi connectivity index (χ0v) is 22.8. The minimum Gasteiger partial charge on any atom is -0.478 e. The molecule has 2 N–H and O–H groups in total. The lowest BCUT2D eigenvalue weighted by Crippen LogP contribution is -2.35. The number of carbonyl (C=O) groups excluding carboxylic acids is 1. The maximum absolute atomic E-state index is 13.5. The van der Waals surface area contributed by atoms with Crippen LogP contribution in [0.2, 0.25) is 5.02 Å². The van der Waals surface area contributed by atoms with Crippen LogP contribution in [0.15, 0.2) is 35.3 Å². The van der Waals surface area contributed by atoms with Gasteiger partial charge < -0.3 is 24.8 Å². The maximum atomic E-state index is 13.5. The lowest BCUT2D eigenvalue weighted by Gasteiger charge is -2.31. The quantitative estimate of drug-likeness (QED) is 0.434. The Balaban J connectivity index is 1.49. The minimum atomic E-state index is -0.290. The molecule has 1 saturated heterocycles. The molecule has 0 unspecified atom stereocenters. The van der Waals surface area contributed by atoms with Gasteiger partial charge in [-0.25, -0.2) is 4.98 Å². The highest BCUT2D eigenvalue weighted by Gasteiger charge is 2.22. The van der Waals surface area contributed by atoms with E-state index in [1.54, 1.807) is 19.3 Å². The third-order valence-corrected chi connectivity index (χ3v) is 7.79. The average molecular weight is 539 g/mol. The monoisotopic (exact) mass is 538 g/mol. The molecule has 1 amide bonds. The first-order chi connectivity index (χ1) is 18.4. The van der Waals surface area contributed by atoms with Crippen LogP contribution in [0.1, 0.15) is 57.9 Å². The third-order valence-electron chi connectivity index (χ3n) is 7.51. The van der Waals surface area contributed by atoms with Crippen LogP contribution in [0, 0.1) is 5.92 Å². The van der Waals surface area contributed by atoms with E-state index in [0.29, 0.717) is 22.7 Å². The molecule has 1 saturated carbocycles. The second-order valence-corrected chi connectivity index (χ2v) is 10.8. The fourth-order valence-corrected chi connectivity index (χ4v) is 5.66. The number of benzene rings is 1. The number of ether oxygens (including phenoxy) is 1. The molecule has 0 bridgehead atoms. The molecule has 1 aromatic carbocycles. The molecular formula is C28H35ClN6O3. The van der Waals surface area contributed by atoms with E-state index in [9.17, 15) is 9.59 Å². The molecule has 9 nitrogen and oxygen atoms in total. The molecule has 10 heteroatoms. The van der Waals surface area contributed by atoms with Crippen LogP contribution in [-0.2, 0) is 4.79 Å². The minimum absolute atomic E-state index is 0.104. The summed E-state index contributed by atoms with van der Waals surface area (Å²) in [5, 5.41) is 7.14. The fraction of sp³-hybridized carbons (Fsp3) is 0.500. The van der Waals surface area contributed by atoms with Gasteiger partial charge in [-0.2, -0.15) is 4.98 Å². The summed E-state index contributed by atoms with van der Waals surface area (Å²) in [5.74, 6) is 1.68. The van der Waals surface area contributed by atoms with Crippen LogP contribution >= 0.6 is 11.6 Å². The van der Waals surface area contributed by atoms with Crippen molar-refractivity contribution in [2.75, 3.05) is 37.0 Å². The van der Waals surface area contributed by atoms with Crippen molar-refractivity contribution in [1.29, 1.82) is 0 Å². The van der Waals surface area contributed by atoms with Crippen molar-refractivity contribution in [1.82, 2.24) is 19.9 Å². The van der Waals surface area contributed by atoms with Crippen molar-refractivity contribution in [3.05, 3.63) is 45.8 Å². The van der Waals surface area contributed by atoms with Gasteiger partial charge in [-0.15, -0.1) is 0 Å². The lowest BCUT2D eigenvalue weighted by molar-refractivity contribution is -0.122. The van der Waals surface area contributed by atoms with Gasteiger partial charge in [0.1, 0.15) is 5.02 Å². The number of hydrogen-bond acceptors (Lipinski definition) is 7. The van der Waals surface area contributed by atoms with Crippen molar-refractivity contribution in [2.24, 2.45) is 5.92 Å². The first-order valence-electron chi connectivity index (χ1n) is 13.5. The smallest absolute Gasteiger partial charge is 0.293 e. The highest BCUT2D eigenvalue weighted by molar-refractivity contribution is 6.32. The van der Waals surface area contributed by atoms with Crippen molar-refractivity contribution in [3.63, 3.8) is 0 Å². The molecule has 2 aliphatic rings. The second-order valence-electron chi connectivity index (χ2n) is 10.4. The van der Waals surface area contributed by atoms with Gasteiger partial charge in [-0.3, -0.25) is 9.59 Å². The predicted octanol–water partition coefficient (Wildman–Crippen LogP) is 5.05. The summed E-state index contributed by atoms with van der Waals surface area (Å²) in [6, 6.07) is 7.67. The number of pyridine rings is 1. The molecular weight excluding hydrogens is 504 g/mol. The van der Waals surface area contributed by atoms with Gasteiger partial charge in [0.05, 0.1) is 11.7 Å². The Kier molecular flexibility index (Phi) is 8.02. The van der Waals surface area contributed by atoms with Gasteiger partial charge in [-0.1, -0.05) is 37.8 Å². The van der Waals surface area contributed by atoms with E-state index < -0.39 is 0 Å². The number of rotatable bonds is 7. The SMILES string of the molecule is CNC(=O)COc1cc2cc(Nc3nc(N4CCC[C@H](C)C4)ncc3Cl)ccc2n(C2CCCCC2)c1=O. The first-order valence-corrected chi connectivity index (χ1v) is 13.9. The first kappa shape index (κ1) is 26.3. The largest absolute Gasteiger partial charge is 0.478 e. The summed E-state index contributed by atoms with van der Waals surface area (Å²) in [6.07, 6.45) is 9.23. The summed E-state index contributed by atoms with van der Waals surface area (Å²) in [7, 11) is 1.54. The highest BCUT2D eigenvalue weighted by atomic mass is 35.5. The van der Waals surface area contributed by atoms with Crippen molar-refractivity contribution < 1.29 is 9.53 Å². The Bertz CT molecular complexity index is 1370. The van der Waals surface area contributed by atoms with Crippen LogP contribution in [0.25, 0.3) is 10.9 Å². The number of nitrogens with one attached hydrogen (secondary N) is 2. The maximum Gasteiger partial charge on any atom is 0.293 e. The van der Waals surface area contributed by atoms with Crippen molar-refractivity contribution >= 4 is 45.9 Å². The van der Waals surface area contributed by atoms with E-state index in [1.807, 2.05) is 22.8 Å². The van der Waals surface area contributed by atoms with E-state index in [4.69, 9.17) is 21.3 Å². The van der Waals surface area contributed by atoms with Crippen LogP contribution < -0.4 is 25.8 Å². The molecule has 1 aliphatic heterocycles. The molecule has 0 radical (unpaired) electrons. The normalized spacial score (nSPS) is 18.4. The number of fused-ring (bicyclic) bond motifs is 1. The number of anilines is 3. The number of halogens is 1. The summed E-state index contributed by atoms with van der Waals surface area (Å²) in [4.78, 5) is 36.7. The standard InChI is InChI=1S/C28H35ClN6O3/c1-18-7-6-12-34(16-18)28-31-15-22(29)26(33-28)32-20-10-11-23-19(13-20)14-24(38-17-25(36)30-2)27(37)35(23)21-8-4-3-5-9-21/h10-11,13-15,18,21H,3-9,12,16-17H2,1-2H3,(H,30,36)(H,31,32,33)/t18-/m0/s1. The molecule has 3 aromatic rings. The second kappa shape index (κ2) is 11.6. The summed E-state index contributed by atoms with van der Waals surface area (Å²) in [6.45, 7) is 3.89. The Hall–Kier alpha value is -3.33. The molecule has 202 valence electrons. The van der Waals surface area contributed by atoms with Crippen LogP contribution in [-0.4, -0.2) is 47.2 Å².